The number of aliphatic hydroxyl groups excluding tert-OH is 1. The summed E-state index contributed by atoms with van der Waals surface area (Å²) in [4.78, 5) is 22.0. The quantitative estimate of drug-likeness (QED) is 0.711. The Kier molecular flexibility index (Phi) is 4.66. The Hall–Kier alpha value is -1.88. The van der Waals surface area contributed by atoms with Gasteiger partial charge < -0.3 is 15.5 Å². The van der Waals surface area contributed by atoms with Crippen LogP contribution in [0, 0.1) is 0 Å². The van der Waals surface area contributed by atoms with Gasteiger partial charge in [0.05, 0.1) is 12.5 Å². The molecular weight excluding hydrogens is 222 g/mol. The lowest BCUT2D eigenvalue weighted by Gasteiger charge is -2.10. The fraction of sp³-hybridized carbons (Fsp3) is 0.333. The van der Waals surface area contributed by atoms with Crippen molar-refractivity contribution in [3.05, 3.63) is 35.4 Å². The van der Waals surface area contributed by atoms with Crippen LogP contribution < -0.4 is 5.32 Å². The molecule has 0 saturated carbocycles. The SMILES string of the molecule is CCNC(=O)c1cccc(C(O)CC(=O)O)c1. The lowest BCUT2D eigenvalue weighted by molar-refractivity contribution is -0.139. The highest BCUT2D eigenvalue weighted by atomic mass is 16.4. The van der Waals surface area contributed by atoms with Crippen LogP contribution in [0.4, 0.5) is 0 Å². The number of aliphatic hydroxyl groups is 1. The van der Waals surface area contributed by atoms with Crippen molar-refractivity contribution in [3.8, 4) is 0 Å². The maximum Gasteiger partial charge on any atom is 0.306 e. The second-order valence-corrected chi connectivity index (χ2v) is 3.60. The molecule has 1 atom stereocenters. The zero-order valence-electron chi connectivity index (χ0n) is 9.51. The van der Waals surface area contributed by atoms with Crippen molar-refractivity contribution in [3.63, 3.8) is 0 Å². The van der Waals surface area contributed by atoms with Gasteiger partial charge in [-0.05, 0) is 24.6 Å². The molecule has 0 aliphatic rings. The van der Waals surface area contributed by atoms with Crippen molar-refractivity contribution in [2.75, 3.05) is 6.54 Å². The number of carboxylic acids is 1. The van der Waals surface area contributed by atoms with E-state index in [2.05, 4.69) is 5.32 Å². The fourth-order valence-electron chi connectivity index (χ4n) is 1.43. The van der Waals surface area contributed by atoms with E-state index in [-0.39, 0.29) is 12.3 Å². The zero-order chi connectivity index (χ0) is 12.8. The Morgan fingerprint density at radius 3 is 2.71 bits per heavy atom. The lowest BCUT2D eigenvalue weighted by Crippen LogP contribution is -2.22. The van der Waals surface area contributed by atoms with E-state index in [1.807, 2.05) is 0 Å². The Balaban J connectivity index is 2.85. The van der Waals surface area contributed by atoms with Gasteiger partial charge in [-0.15, -0.1) is 0 Å². The van der Waals surface area contributed by atoms with E-state index in [9.17, 15) is 14.7 Å². The minimum absolute atomic E-state index is 0.239. The predicted molar refractivity (Wildman–Crippen MR) is 61.7 cm³/mol. The van der Waals surface area contributed by atoms with Crippen LogP contribution in [0.5, 0.6) is 0 Å². The third-order valence-corrected chi connectivity index (χ3v) is 2.24. The van der Waals surface area contributed by atoms with Gasteiger partial charge in [-0.1, -0.05) is 12.1 Å². The molecule has 1 amide bonds. The topological polar surface area (TPSA) is 86.6 Å². The molecule has 0 fully saturated rings. The average molecular weight is 237 g/mol. The van der Waals surface area contributed by atoms with Gasteiger partial charge in [0.25, 0.3) is 5.91 Å². The number of carboxylic acid groups (broad SMARTS) is 1. The van der Waals surface area contributed by atoms with Crippen molar-refractivity contribution >= 4 is 11.9 Å². The van der Waals surface area contributed by atoms with Crippen molar-refractivity contribution < 1.29 is 19.8 Å². The Morgan fingerprint density at radius 2 is 2.12 bits per heavy atom. The van der Waals surface area contributed by atoms with Crippen LogP contribution in [0.15, 0.2) is 24.3 Å². The smallest absolute Gasteiger partial charge is 0.306 e. The number of carbonyl (C=O) groups excluding carboxylic acids is 1. The maximum absolute atomic E-state index is 11.5. The largest absolute Gasteiger partial charge is 0.481 e. The minimum Gasteiger partial charge on any atom is -0.481 e. The van der Waals surface area contributed by atoms with E-state index in [4.69, 9.17) is 5.11 Å². The fourth-order valence-corrected chi connectivity index (χ4v) is 1.43. The van der Waals surface area contributed by atoms with Gasteiger partial charge in [-0.2, -0.15) is 0 Å². The molecule has 17 heavy (non-hydrogen) atoms. The predicted octanol–water partition coefficient (Wildman–Crippen LogP) is 0.944. The molecule has 0 heterocycles. The normalized spacial score (nSPS) is 11.9. The second kappa shape index (κ2) is 6.00. The number of nitrogens with one attached hydrogen (secondary N) is 1. The summed E-state index contributed by atoms with van der Waals surface area (Å²) in [5.74, 6) is -1.32. The Labute approximate surface area is 99.1 Å². The Morgan fingerprint density at radius 1 is 1.41 bits per heavy atom. The monoisotopic (exact) mass is 237 g/mol. The van der Waals surface area contributed by atoms with E-state index >= 15 is 0 Å². The number of carbonyl (C=O) groups is 2. The summed E-state index contributed by atoms with van der Waals surface area (Å²) >= 11 is 0. The van der Waals surface area contributed by atoms with Crippen molar-refractivity contribution in [2.45, 2.75) is 19.4 Å². The first-order chi connectivity index (χ1) is 8.04. The highest BCUT2D eigenvalue weighted by Gasteiger charge is 2.13. The molecule has 5 heteroatoms. The van der Waals surface area contributed by atoms with Gasteiger partial charge in [0.2, 0.25) is 0 Å². The summed E-state index contributed by atoms with van der Waals surface area (Å²) < 4.78 is 0. The van der Waals surface area contributed by atoms with Gasteiger partial charge >= 0.3 is 5.97 Å². The molecule has 0 bridgehead atoms. The number of amides is 1. The van der Waals surface area contributed by atoms with Gasteiger partial charge in [-0.3, -0.25) is 9.59 Å². The molecular formula is C12H15NO4. The summed E-state index contributed by atoms with van der Waals surface area (Å²) in [7, 11) is 0. The van der Waals surface area contributed by atoms with Crippen LogP contribution in [-0.2, 0) is 4.79 Å². The highest BCUT2D eigenvalue weighted by Crippen LogP contribution is 2.17. The molecule has 5 nitrogen and oxygen atoms in total. The van der Waals surface area contributed by atoms with E-state index in [1.165, 1.54) is 6.07 Å². The van der Waals surface area contributed by atoms with Crippen LogP contribution in [0.3, 0.4) is 0 Å². The molecule has 1 rings (SSSR count). The highest BCUT2D eigenvalue weighted by molar-refractivity contribution is 5.94. The first-order valence-corrected chi connectivity index (χ1v) is 5.32. The molecule has 3 N–H and O–H groups in total. The maximum atomic E-state index is 11.5. The third-order valence-electron chi connectivity index (χ3n) is 2.24. The summed E-state index contributed by atoms with van der Waals surface area (Å²) in [6, 6.07) is 6.32. The summed E-state index contributed by atoms with van der Waals surface area (Å²) in [6.45, 7) is 2.32. The molecule has 1 aromatic rings. The molecule has 1 aromatic carbocycles. The number of hydrogen-bond acceptors (Lipinski definition) is 3. The third kappa shape index (κ3) is 3.88. The van der Waals surface area contributed by atoms with Crippen LogP contribution in [-0.4, -0.2) is 28.6 Å². The van der Waals surface area contributed by atoms with Crippen LogP contribution in [0.25, 0.3) is 0 Å². The first kappa shape index (κ1) is 13.2. The van der Waals surface area contributed by atoms with Crippen LogP contribution in [0.2, 0.25) is 0 Å². The molecule has 1 unspecified atom stereocenters. The van der Waals surface area contributed by atoms with E-state index in [0.29, 0.717) is 17.7 Å². The molecule has 0 saturated heterocycles. The molecule has 0 radical (unpaired) electrons. The van der Waals surface area contributed by atoms with Crippen molar-refractivity contribution in [1.29, 1.82) is 0 Å². The summed E-state index contributed by atoms with van der Waals surface area (Å²) in [5.41, 5.74) is 0.838. The van der Waals surface area contributed by atoms with Gasteiger partial charge in [0, 0.05) is 12.1 Å². The first-order valence-electron chi connectivity index (χ1n) is 5.32. The van der Waals surface area contributed by atoms with Gasteiger partial charge in [0.1, 0.15) is 0 Å². The lowest BCUT2D eigenvalue weighted by atomic mass is 10.0. The summed E-state index contributed by atoms with van der Waals surface area (Å²) in [5, 5.41) is 20.8. The van der Waals surface area contributed by atoms with Crippen molar-refractivity contribution in [1.82, 2.24) is 5.32 Å². The van der Waals surface area contributed by atoms with E-state index < -0.39 is 12.1 Å². The van der Waals surface area contributed by atoms with E-state index in [0.717, 1.165) is 0 Å². The number of aliphatic carboxylic acids is 1. The molecule has 0 aliphatic heterocycles. The number of benzene rings is 1. The van der Waals surface area contributed by atoms with Gasteiger partial charge in [-0.25, -0.2) is 0 Å². The van der Waals surface area contributed by atoms with Crippen molar-refractivity contribution in [2.24, 2.45) is 0 Å². The molecule has 92 valence electrons. The van der Waals surface area contributed by atoms with Crippen LogP contribution >= 0.6 is 0 Å². The van der Waals surface area contributed by atoms with E-state index in [1.54, 1.807) is 25.1 Å². The number of rotatable bonds is 5. The van der Waals surface area contributed by atoms with Crippen LogP contribution in [0.1, 0.15) is 35.4 Å². The number of hydrogen-bond donors (Lipinski definition) is 3. The molecule has 0 aromatic heterocycles. The Bertz CT molecular complexity index is 417. The second-order valence-electron chi connectivity index (χ2n) is 3.60. The average Bonchev–Trinajstić information content (AvgIpc) is 2.28. The minimum atomic E-state index is -1.10. The molecule has 0 spiro atoms. The van der Waals surface area contributed by atoms with Gasteiger partial charge in [0.15, 0.2) is 0 Å². The zero-order valence-corrected chi connectivity index (χ0v) is 9.51. The standard InChI is InChI=1S/C12H15NO4/c1-2-13-12(17)9-5-3-4-8(6-9)10(14)7-11(15)16/h3-6,10,14H,2,7H2,1H3,(H,13,17)(H,15,16). The summed E-state index contributed by atoms with van der Waals surface area (Å²) in [6.07, 6.45) is -1.47. The molecule has 0 aliphatic carbocycles.